The highest BCUT2D eigenvalue weighted by atomic mass is 16.6. The number of carbonyl (C=O) groups excluding carboxylic acids is 2. The molecule has 0 spiro atoms. The fourth-order valence-electron chi connectivity index (χ4n) is 5.21. The van der Waals surface area contributed by atoms with E-state index in [9.17, 15) is 19.7 Å². The summed E-state index contributed by atoms with van der Waals surface area (Å²) >= 11 is 0. The molecular weight excluding hydrogens is 496 g/mol. The summed E-state index contributed by atoms with van der Waals surface area (Å²) in [4.78, 5) is 40.7. The lowest BCUT2D eigenvalue weighted by Crippen LogP contribution is -2.22. The van der Waals surface area contributed by atoms with E-state index in [1.807, 2.05) is 72.5 Å². The largest absolute Gasteiger partial charge is 0.370 e. The van der Waals surface area contributed by atoms with Gasteiger partial charge >= 0.3 is 0 Å². The van der Waals surface area contributed by atoms with Crippen molar-refractivity contribution < 1.29 is 14.5 Å². The molecule has 5 aromatic rings. The maximum Gasteiger partial charge on any atom is 0.287 e. The Kier molecular flexibility index (Phi) is 5.91. The molecule has 10 nitrogen and oxygen atoms in total. The van der Waals surface area contributed by atoms with Crippen LogP contribution in [0.25, 0.3) is 33.0 Å². The Labute approximate surface area is 222 Å². The molecule has 0 fully saturated rings. The number of hydrogen-bond acceptors (Lipinski definition) is 6. The Balaban J connectivity index is 1.33. The predicted octanol–water partition coefficient (Wildman–Crippen LogP) is 4.51. The standard InChI is InChI=1S/C29H24N6O4/c1-33-16-21(19-7-2-4-9-23(19)33)26-27(29(37)32-28(26)36)22-17-34(24-10-5-3-8-20(22)24)14-6-13-30-25-12-11-18(15-31-25)35(38)39/h2-5,7-12,15-17H,6,13-14H2,1H3,(H,30,31)(H,32,36,37). The highest BCUT2D eigenvalue weighted by molar-refractivity contribution is 6.50. The van der Waals surface area contributed by atoms with Gasteiger partial charge in [-0.2, -0.15) is 0 Å². The number of benzene rings is 2. The molecule has 0 atom stereocenters. The number of aromatic nitrogens is 3. The molecule has 4 heterocycles. The van der Waals surface area contributed by atoms with Crippen LogP contribution in [-0.4, -0.2) is 37.4 Å². The Hall–Kier alpha value is -5.25. The fourth-order valence-corrected chi connectivity index (χ4v) is 5.21. The van der Waals surface area contributed by atoms with Gasteiger partial charge in [-0.1, -0.05) is 36.4 Å². The average molecular weight is 521 g/mol. The molecule has 0 saturated carbocycles. The summed E-state index contributed by atoms with van der Waals surface area (Å²) in [5.74, 6) is -0.246. The second kappa shape index (κ2) is 9.56. The van der Waals surface area contributed by atoms with Crippen LogP contribution < -0.4 is 10.6 Å². The van der Waals surface area contributed by atoms with E-state index in [1.54, 1.807) is 6.07 Å². The number of para-hydroxylation sites is 2. The average Bonchev–Trinajstić information content (AvgIpc) is 3.57. The van der Waals surface area contributed by atoms with Crippen molar-refractivity contribution >= 4 is 56.3 Å². The Morgan fingerprint density at radius 2 is 1.54 bits per heavy atom. The van der Waals surface area contributed by atoms with Gasteiger partial charge in [0.25, 0.3) is 17.5 Å². The van der Waals surface area contributed by atoms with Crippen LogP contribution in [0.15, 0.2) is 79.3 Å². The molecule has 194 valence electrons. The monoisotopic (exact) mass is 520 g/mol. The summed E-state index contributed by atoms with van der Waals surface area (Å²) in [5.41, 5.74) is 4.07. The number of imide groups is 1. The lowest BCUT2D eigenvalue weighted by Gasteiger charge is -2.07. The zero-order chi connectivity index (χ0) is 27.1. The minimum atomic E-state index is -0.481. The topological polar surface area (TPSA) is 124 Å². The van der Waals surface area contributed by atoms with Crippen molar-refractivity contribution in [3.63, 3.8) is 0 Å². The molecule has 10 heteroatoms. The number of nitro groups is 1. The summed E-state index contributed by atoms with van der Waals surface area (Å²) in [6, 6.07) is 18.6. The van der Waals surface area contributed by atoms with Crippen LogP contribution in [0.3, 0.4) is 0 Å². The van der Waals surface area contributed by atoms with Crippen molar-refractivity contribution in [2.45, 2.75) is 13.0 Å². The number of rotatable bonds is 8. The van der Waals surface area contributed by atoms with Gasteiger partial charge < -0.3 is 14.5 Å². The van der Waals surface area contributed by atoms with Crippen LogP contribution in [0.1, 0.15) is 17.5 Å². The van der Waals surface area contributed by atoms with Crippen molar-refractivity contribution in [1.82, 2.24) is 19.4 Å². The van der Waals surface area contributed by atoms with Gasteiger partial charge in [-0.05, 0) is 24.6 Å². The van der Waals surface area contributed by atoms with E-state index in [1.165, 1.54) is 12.3 Å². The Morgan fingerprint density at radius 1 is 0.897 bits per heavy atom. The molecule has 0 unspecified atom stereocenters. The van der Waals surface area contributed by atoms with Crippen LogP contribution in [0, 0.1) is 10.1 Å². The second-order valence-electron chi connectivity index (χ2n) is 9.40. The van der Waals surface area contributed by atoms with Gasteiger partial charge in [-0.25, -0.2) is 4.98 Å². The van der Waals surface area contributed by atoms with E-state index in [2.05, 4.69) is 20.2 Å². The number of nitrogens with zero attached hydrogens (tertiary/aromatic N) is 4. The van der Waals surface area contributed by atoms with E-state index in [-0.39, 0.29) is 5.69 Å². The maximum absolute atomic E-state index is 13.2. The number of anilines is 1. The van der Waals surface area contributed by atoms with Crippen LogP contribution in [-0.2, 0) is 23.2 Å². The first-order chi connectivity index (χ1) is 18.9. The summed E-state index contributed by atoms with van der Waals surface area (Å²) in [6.45, 7) is 1.24. The number of hydrogen-bond donors (Lipinski definition) is 2. The third-order valence-electron chi connectivity index (χ3n) is 7.00. The third kappa shape index (κ3) is 4.21. The van der Waals surface area contributed by atoms with Gasteiger partial charge in [-0.3, -0.25) is 25.0 Å². The van der Waals surface area contributed by atoms with Crippen molar-refractivity contribution in [3.8, 4) is 0 Å². The van der Waals surface area contributed by atoms with E-state index in [0.29, 0.717) is 35.6 Å². The van der Waals surface area contributed by atoms with Gasteiger partial charge in [0.2, 0.25) is 0 Å². The third-order valence-corrected chi connectivity index (χ3v) is 7.00. The number of pyridine rings is 1. The molecule has 2 aromatic carbocycles. The second-order valence-corrected chi connectivity index (χ2v) is 9.40. The Bertz CT molecular complexity index is 1810. The molecule has 0 bridgehead atoms. The molecule has 0 saturated heterocycles. The molecule has 0 radical (unpaired) electrons. The first-order valence-electron chi connectivity index (χ1n) is 12.5. The summed E-state index contributed by atoms with van der Waals surface area (Å²) in [5, 5.41) is 18.3. The summed E-state index contributed by atoms with van der Waals surface area (Å²) in [7, 11) is 1.92. The molecule has 39 heavy (non-hydrogen) atoms. The van der Waals surface area contributed by atoms with E-state index in [0.717, 1.165) is 33.8 Å². The molecule has 3 aromatic heterocycles. The van der Waals surface area contributed by atoms with Crippen molar-refractivity contribution in [2.75, 3.05) is 11.9 Å². The zero-order valence-corrected chi connectivity index (χ0v) is 21.0. The molecule has 1 aliphatic rings. The quantitative estimate of drug-likeness (QED) is 0.134. The van der Waals surface area contributed by atoms with Crippen LogP contribution in [0.5, 0.6) is 0 Å². The molecule has 0 aliphatic carbocycles. The molecule has 6 rings (SSSR count). The highest BCUT2D eigenvalue weighted by Crippen LogP contribution is 2.38. The van der Waals surface area contributed by atoms with Crippen molar-refractivity contribution in [1.29, 1.82) is 0 Å². The number of aryl methyl sites for hydroxylation is 2. The van der Waals surface area contributed by atoms with Crippen LogP contribution in [0.2, 0.25) is 0 Å². The lowest BCUT2D eigenvalue weighted by molar-refractivity contribution is -0.385. The van der Waals surface area contributed by atoms with Gasteiger partial charge in [0.15, 0.2) is 0 Å². The lowest BCUT2D eigenvalue weighted by atomic mass is 9.95. The zero-order valence-electron chi connectivity index (χ0n) is 21.0. The van der Waals surface area contributed by atoms with Crippen molar-refractivity contribution in [3.05, 3.63) is 100 Å². The summed E-state index contributed by atoms with van der Waals surface area (Å²) < 4.78 is 4.04. The van der Waals surface area contributed by atoms with E-state index < -0.39 is 16.7 Å². The normalized spacial score (nSPS) is 13.5. The predicted molar refractivity (Wildman–Crippen MR) is 149 cm³/mol. The number of fused-ring (bicyclic) bond motifs is 2. The first kappa shape index (κ1) is 24.1. The van der Waals surface area contributed by atoms with Crippen LogP contribution >= 0.6 is 0 Å². The smallest absolute Gasteiger partial charge is 0.287 e. The minimum Gasteiger partial charge on any atom is -0.370 e. The van der Waals surface area contributed by atoms with Gasteiger partial charge in [0, 0.05) is 71.5 Å². The number of amides is 2. The maximum atomic E-state index is 13.2. The summed E-state index contributed by atoms with van der Waals surface area (Å²) in [6.07, 6.45) is 5.79. The molecular formula is C29H24N6O4. The fraction of sp³-hybridized carbons (Fsp3) is 0.138. The SMILES string of the molecule is Cn1cc(C2=C(c3cn(CCCNc4ccc([N+](=O)[O-])cn4)c4ccccc34)C(=O)NC2=O)c2ccccc21. The first-order valence-corrected chi connectivity index (χ1v) is 12.5. The van der Waals surface area contributed by atoms with Gasteiger partial charge in [0.1, 0.15) is 12.0 Å². The Morgan fingerprint density at radius 3 is 2.21 bits per heavy atom. The highest BCUT2D eigenvalue weighted by Gasteiger charge is 2.35. The molecule has 2 N–H and O–H groups in total. The molecule has 1 aliphatic heterocycles. The molecule has 2 amide bonds. The van der Waals surface area contributed by atoms with Crippen LogP contribution in [0.4, 0.5) is 11.5 Å². The van der Waals surface area contributed by atoms with Gasteiger partial charge in [0.05, 0.1) is 16.1 Å². The number of carbonyl (C=O) groups is 2. The van der Waals surface area contributed by atoms with E-state index >= 15 is 0 Å². The van der Waals surface area contributed by atoms with E-state index in [4.69, 9.17) is 0 Å². The minimum absolute atomic E-state index is 0.0569. The van der Waals surface area contributed by atoms with Crippen molar-refractivity contribution in [2.24, 2.45) is 7.05 Å². The number of nitrogens with one attached hydrogen (secondary N) is 2. The van der Waals surface area contributed by atoms with Gasteiger partial charge in [-0.15, -0.1) is 0 Å².